The highest BCUT2D eigenvalue weighted by Crippen LogP contribution is 1.25. The van der Waals surface area contributed by atoms with Crippen molar-refractivity contribution >= 4 is 23.1 Å². The molecule has 0 saturated carbocycles. The minimum atomic E-state index is 0. The smallest absolute Gasteiger partial charge is 0.316 e. The molecule has 0 rings (SSSR count). The minimum absolute atomic E-state index is 0. The monoisotopic (exact) mass is 127 g/mol. The van der Waals surface area contributed by atoms with Gasteiger partial charge < -0.3 is 21.6 Å². The predicted octanol–water partition coefficient (Wildman–Crippen LogP) is -3.25. The molecule has 0 spiro atoms. The number of hydrogen-bond acceptors (Lipinski definition) is 2. The lowest BCUT2D eigenvalue weighted by Crippen LogP contribution is -1.25. The Morgan fingerprint density at radius 2 is 1.14 bits per heavy atom. The van der Waals surface area contributed by atoms with Crippen molar-refractivity contribution in [1.29, 1.82) is 0 Å². The van der Waals surface area contributed by atoms with Gasteiger partial charge in [0.1, 0.15) is 0 Å². The zero-order valence-electron chi connectivity index (χ0n) is 2.80. The summed E-state index contributed by atoms with van der Waals surface area (Å²) in [5.41, 5.74) is 0. The van der Waals surface area contributed by atoms with E-state index in [4.69, 9.17) is 10.1 Å². The fourth-order valence-corrected chi connectivity index (χ4v) is 0. The fraction of sp³-hybridized carbons (Fsp3) is 0. The van der Waals surface area contributed by atoms with Gasteiger partial charge in [0.15, 0.2) is 5.34 Å². The molecule has 6 nitrogen and oxygen atoms in total. The third kappa shape index (κ3) is 46300. The molecular weight excluding hydrogens is 118 g/mol. The lowest BCUT2D eigenvalue weighted by Gasteiger charge is -1.32. The van der Waals surface area contributed by atoms with Crippen LogP contribution in [0.4, 0.5) is 0 Å². The van der Waals surface area contributed by atoms with E-state index in [9.17, 15) is 0 Å². The van der Waals surface area contributed by atoms with Crippen LogP contribution in [0, 0.1) is 4.91 Å². The van der Waals surface area contributed by atoms with E-state index in [1.165, 1.54) is 5.34 Å². The molecule has 7 heavy (non-hydrogen) atoms. The van der Waals surface area contributed by atoms with Crippen molar-refractivity contribution in [2.24, 2.45) is 5.34 Å². The maximum Gasteiger partial charge on any atom is 0.316 e. The highest BCUT2D eigenvalue weighted by atomic mass is 24.3. The Kier molecular flexibility index (Phi) is 1240. The molecule has 0 aliphatic heterocycles. The Morgan fingerprint density at radius 3 is 1.14 bits per heavy atom. The average molecular weight is 127 g/mol. The zero-order chi connectivity index (χ0) is 2.71. The van der Waals surface area contributed by atoms with Crippen molar-refractivity contribution in [2.45, 2.75) is 0 Å². The summed E-state index contributed by atoms with van der Waals surface area (Å²) in [5.74, 6) is 0. The van der Waals surface area contributed by atoms with Crippen LogP contribution < -0.4 is 0 Å². The van der Waals surface area contributed by atoms with Crippen LogP contribution in [0.5, 0.6) is 0 Å². The van der Waals surface area contributed by atoms with Gasteiger partial charge in [0.25, 0.3) is 0 Å². The van der Waals surface area contributed by atoms with Crippen molar-refractivity contribution in [3.63, 3.8) is 0 Å². The van der Waals surface area contributed by atoms with E-state index < -0.39 is 0 Å². The van der Waals surface area contributed by atoms with Gasteiger partial charge in [-0.2, -0.15) is 0 Å². The maximum absolute atomic E-state index is 8.11. The lowest BCUT2D eigenvalue weighted by molar-refractivity contribution is 0.312. The number of rotatable bonds is 0. The second-order valence-corrected chi connectivity index (χ2v) is 0.0816. The summed E-state index contributed by atoms with van der Waals surface area (Å²) >= 11 is 0. The molecule has 0 aromatic heterocycles. The van der Waals surface area contributed by atoms with Crippen molar-refractivity contribution in [3.8, 4) is 0 Å². The molecule has 7 N–H and O–H groups in total. The van der Waals surface area contributed by atoms with Crippen LogP contribution >= 0.6 is 0 Å². The molecule has 46 valence electrons. The first kappa shape index (κ1) is 61.5. The van der Waals surface area contributed by atoms with E-state index in [1.54, 1.807) is 0 Å². The van der Waals surface area contributed by atoms with Gasteiger partial charge in [0, 0.05) is 0 Å². The summed E-state index contributed by atoms with van der Waals surface area (Å²) in [6.45, 7) is 0. The standard InChI is InChI=1S/Mg.HNO2.3H2O.2H/c;2-1-3;;;;;/h;(H,2,3);3*1H2;;. The van der Waals surface area contributed by atoms with Crippen molar-refractivity contribution in [1.82, 2.24) is 0 Å². The van der Waals surface area contributed by atoms with Gasteiger partial charge in [-0.15, -0.1) is 4.91 Å². The Bertz CT molecular complexity index is 15.6. The summed E-state index contributed by atoms with van der Waals surface area (Å²) in [6, 6.07) is 0. The van der Waals surface area contributed by atoms with Crippen LogP contribution in [0.15, 0.2) is 5.34 Å². The van der Waals surface area contributed by atoms with Crippen LogP contribution in [0.3, 0.4) is 0 Å². The Balaban J connectivity index is -0.00000000333. The summed E-state index contributed by atoms with van der Waals surface area (Å²) < 4.78 is 0. The van der Waals surface area contributed by atoms with Gasteiger partial charge in [-0.05, 0) is 0 Å². The predicted molar refractivity (Wildman–Crippen MR) is 27.0 cm³/mol. The van der Waals surface area contributed by atoms with Gasteiger partial charge in [-0.1, -0.05) is 0 Å². The van der Waals surface area contributed by atoms with Crippen molar-refractivity contribution < 1.29 is 21.6 Å². The van der Waals surface area contributed by atoms with Crippen LogP contribution in [0.25, 0.3) is 0 Å². The van der Waals surface area contributed by atoms with E-state index in [1.807, 2.05) is 0 Å². The summed E-state index contributed by atoms with van der Waals surface area (Å²) in [7, 11) is 0. The quantitative estimate of drug-likeness (QED) is 0.207. The van der Waals surface area contributed by atoms with E-state index in [-0.39, 0.29) is 39.5 Å². The molecule has 0 bridgehead atoms. The van der Waals surface area contributed by atoms with Gasteiger partial charge in [-0.3, -0.25) is 0 Å². The molecule has 0 unspecified atom stereocenters. The van der Waals surface area contributed by atoms with E-state index in [0.29, 0.717) is 0 Å². The summed E-state index contributed by atoms with van der Waals surface area (Å²) in [4.78, 5) is 8.11. The normalized spacial score (nSPS) is 1.71. The van der Waals surface area contributed by atoms with Crippen molar-refractivity contribution in [3.05, 3.63) is 4.91 Å². The highest BCUT2D eigenvalue weighted by molar-refractivity contribution is 5.75. The average Bonchev–Trinajstić information content (AvgIpc) is 0.918. The van der Waals surface area contributed by atoms with E-state index >= 15 is 0 Å². The molecular formula is H9MgNO5. The molecule has 0 aromatic rings. The summed E-state index contributed by atoms with van der Waals surface area (Å²) in [6.07, 6.45) is 0. The largest absolute Gasteiger partial charge is 0.412 e. The van der Waals surface area contributed by atoms with Crippen LogP contribution in [0.2, 0.25) is 0 Å². The van der Waals surface area contributed by atoms with Crippen LogP contribution in [0.1, 0.15) is 0 Å². The Labute approximate surface area is 55.5 Å². The first-order valence-electron chi connectivity index (χ1n) is 0.383. The molecule has 0 aliphatic rings. The topological polar surface area (TPSA) is 144 Å². The third-order valence-corrected chi connectivity index (χ3v) is 0. The first-order chi connectivity index (χ1) is 1.41. The maximum atomic E-state index is 8.11. The Morgan fingerprint density at radius 1 is 1.14 bits per heavy atom. The number of nitrogens with zero attached hydrogens (tertiary/aromatic N) is 1. The molecule has 0 saturated heterocycles. The molecule has 0 fully saturated rings. The molecule has 0 aromatic carbocycles. The molecule has 0 radical (unpaired) electrons. The van der Waals surface area contributed by atoms with Gasteiger partial charge in [0.2, 0.25) is 0 Å². The lowest BCUT2D eigenvalue weighted by atomic mass is 13.4. The molecule has 0 aliphatic carbocycles. The third-order valence-electron chi connectivity index (χ3n) is 0. The van der Waals surface area contributed by atoms with Crippen LogP contribution in [-0.2, 0) is 0 Å². The number of hydrogen-bond donors (Lipinski definition) is 1. The first-order valence-corrected chi connectivity index (χ1v) is 0.383. The summed E-state index contributed by atoms with van der Waals surface area (Å²) in [5, 5.41) is 7.89. The van der Waals surface area contributed by atoms with E-state index in [2.05, 4.69) is 0 Å². The second kappa shape index (κ2) is 141. The SMILES string of the molecule is O.O.O.O=NO.[MgH2]. The van der Waals surface area contributed by atoms with Gasteiger partial charge >= 0.3 is 23.1 Å². The second-order valence-electron chi connectivity index (χ2n) is 0.0816. The van der Waals surface area contributed by atoms with Gasteiger partial charge in [-0.25, -0.2) is 0 Å². The Hall–Kier alpha value is 0.0462. The molecule has 0 atom stereocenters. The molecule has 7 heteroatoms. The van der Waals surface area contributed by atoms with Crippen LogP contribution in [-0.4, -0.2) is 44.7 Å². The molecule has 0 amide bonds. The highest BCUT2D eigenvalue weighted by Gasteiger charge is 1.18. The van der Waals surface area contributed by atoms with E-state index in [0.717, 1.165) is 0 Å². The minimum Gasteiger partial charge on any atom is -0.412 e. The van der Waals surface area contributed by atoms with Crippen molar-refractivity contribution in [2.75, 3.05) is 0 Å². The zero-order valence-corrected chi connectivity index (χ0v) is 2.80. The van der Waals surface area contributed by atoms with Gasteiger partial charge in [0.05, 0.1) is 0 Å². The fourth-order valence-electron chi connectivity index (χ4n) is 0. The molecule has 0 heterocycles.